The first kappa shape index (κ1) is 12.9. The number of amides is 1. The largest absolute Gasteiger partial charge is 0.490 e. The maximum atomic E-state index is 12.2. The van der Waals surface area contributed by atoms with E-state index in [1.165, 1.54) is 0 Å². The van der Waals surface area contributed by atoms with Gasteiger partial charge in [-0.25, -0.2) is 0 Å². The zero-order chi connectivity index (χ0) is 13.0. The van der Waals surface area contributed by atoms with E-state index in [-0.39, 0.29) is 5.91 Å². The second-order valence-corrected chi connectivity index (χ2v) is 4.57. The number of carbonyl (C=O) groups excluding carboxylic acids is 1. The van der Waals surface area contributed by atoms with Crippen molar-refractivity contribution in [3.8, 4) is 5.75 Å². The van der Waals surface area contributed by atoms with E-state index in [4.69, 9.17) is 4.74 Å². The fraction of sp³-hybridized carbons (Fsp3) is 0.500. The van der Waals surface area contributed by atoms with Crippen LogP contribution in [-0.4, -0.2) is 32.7 Å². The number of aryl methyl sites for hydroxylation is 1. The maximum absolute atomic E-state index is 12.2. The van der Waals surface area contributed by atoms with E-state index >= 15 is 0 Å². The molecule has 2 rings (SSSR count). The van der Waals surface area contributed by atoms with Crippen LogP contribution in [0.5, 0.6) is 5.75 Å². The van der Waals surface area contributed by atoms with Crippen molar-refractivity contribution in [2.75, 3.05) is 31.6 Å². The second kappa shape index (κ2) is 5.87. The van der Waals surface area contributed by atoms with Gasteiger partial charge in [-0.15, -0.1) is 0 Å². The molecule has 1 N–H and O–H groups in total. The van der Waals surface area contributed by atoms with Crippen molar-refractivity contribution in [3.05, 3.63) is 23.8 Å². The number of nitrogens with one attached hydrogen (secondary N) is 1. The van der Waals surface area contributed by atoms with Crippen LogP contribution in [0.25, 0.3) is 0 Å². The average molecular weight is 248 g/mol. The van der Waals surface area contributed by atoms with Gasteiger partial charge in [0, 0.05) is 6.42 Å². The molecule has 4 heteroatoms. The predicted octanol–water partition coefficient (Wildman–Crippen LogP) is 1.72. The van der Waals surface area contributed by atoms with Gasteiger partial charge in [-0.2, -0.15) is 0 Å². The lowest BCUT2D eigenvalue weighted by atomic mass is 10.1. The number of ether oxygens (including phenoxy) is 1. The van der Waals surface area contributed by atoms with Crippen molar-refractivity contribution in [1.29, 1.82) is 0 Å². The summed E-state index contributed by atoms with van der Waals surface area (Å²) < 4.78 is 5.60. The molecule has 4 nitrogen and oxygen atoms in total. The Morgan fingerprint density at radius 3 is 3.11 bits per heavy atom. The van der Waals surface area contributed by atoms with Crippen molar-refractivity contribution in [1.82, 2.24) is 5.32 Å². The molecule has 18 heavy (non-hydrogen) atoms. The molecule has 0 bridgehead atoms. The summed E-state index contributed by atoms with van der Waals surface area (Å²) in [5.74, 6) is 1.00. The average Bonchev–Trinajstić information content (AvgIpc) is 2.37. The number of rotatable bonds is 4. The maximum Gasteiger partial charge on any atom is 0.227 e. The van der Waals surface area contributed by atoms with E-state index in [9.17, 15) is 4.79 Å². The van der Waals surface area contributed by atoms with E-state index in [0.29, 0.717) is 19.6 Å². The number of fused-ring (bicyclic) bond motifs is 1. The first-order valence-corrected chi connectivity index (χ1v) is 6.41. The summed E-state index contributed by atoms with van der Waals surface area (Å²) in [5.41, 5.74) is 2.06. The summed E-state index contributed by atoms with van der Waals surface area (Å²) >= 11 is 0. The highest BCUT2D eigenvalue weighted by Gasteiger charge is 2.22. The van der Waals surface area contributed by atoms with E-state index in [2.05, 4.69) is 5.32 Å². The molecule has 0 fully saturated rings. The van der Waals surface area contributed by atoms with Crippen LogP contribution in [0.3, 0.4) is 0 Å². The fourth-order valence-electron chi connectivity index (χ4n) is 2.14. The number of benzene rings is 1. The van der Waals surface area contributed by atoms with Gasteiger partial charge in [0.25, 0.3) is 0 Å². The van der Waals surface area contributed by atoms with E-state index in [0.717, 1.165) is 30.0 Å². The molecule has 0 spiro atoms. The lowest BCUT2D eigenvalue weighted by Gasteiger charge is -2.29. The Hall–Kier alpha value is -1.55. The normalized spacial score (nSPS) is 14.0. The first-order chi connectivity index (χ1) is 8.72. The Kier molecular flexibility index (Phi) is 4.20. The molecule has 1 amide bonds. The van der Waals surface area contributed by atoms with Crippen molar-refractivity contribution in [3.63, 3.8) is 0 Å². The van der Waals surface area contributed by atoms with Gasteiger partial charge >= 0.3 is 0 Å². The van der Waals surface area contributed by atoms with Crippen LogP contribution >= 0.6 is 0 Å². The highest BCUT2D eigenvalue weighted by molar-refractivity contribution is 5.95. The number of anilines is 1. The third kappa shape index (κ3) is 2.82. The topological polar surface area (TPSA) is 41.6 Å². The molecule has 0 saturated carbocycles. The second-order valence-electron chi connectivity index (χ2n) is 4.57. The summed E-state index contributed by atoms with van der Waals surface area (Å²) in [5, 5.41) is 3.06. The monoisotopic (exact) mass is 248 g/mol. The van der Waals surface area contributed by atoms with Gasteiger partial charge in [0.15, 0.2) is 0 Å². The summed E-state index contributed by atoms with van der Waals surface area (Å²) in [6.45, 7) is 4.12. The molecule has 0 saturated heterocycles. The summed E-state index contributed by atoms with van der Waals surface area (Å²) in [4.78, 5) is 14.0. The Morgan fingerprint density at radius 1 is 1.50 bits per heavy atom. The number of hydrogen-bond acceptors (Lipinski definition) is 3. The van der Waals surface area contributed by atoms with Gasteiger partial charge in [0.1, 0.15) is 12.4 Å². The third-order valence-corrected chi connectivity index (χ3v) is 3.10. The van der Waals surface area contributed by atoms with Gasteiger partial charge in [-0.05, 0) is 44.6 Å². The Bertz CT molecular complexity index is 432. The van der Waals surface area contributed by atoms with Crippen LogP contribution in [0.4, 0.5) is 5.69 Å². The van der Waals surface area contributed by atoms with E-state index in [1.54, 1.807) is 0 Å². The van der Waals surface area contributed by atoms with E-state index in [1.807, 2.05) is 37.1 Å². The number of nitrogens with zero attached hydrogens (tertiary/aromatic N) is 1. The smallest absolute Gasteiger partial charge is 0.227 e. The van der Waals surface area contributed by atoms with Crippen molar-refractivity contribution < 1.29 is 9.53 Å². The molecular weight excluding hydrogens is 228 g/mol. The molecular formula is C14H20N2O2. The van der Waals surface area contributed by atoms with Crippen molar-refractivity contribution in [2.45, 2.75) is 19.8 Å². The first-order valence-electron chi connectivity index (χ1n) is 6.41. The van der Waals surface area contributed by atoms with Crippen LogP contribution < -0.4 is 15.0 Å². The quantitative estimate of drug-likeness (QED) is 0.825. The van der Waals surface area contributed by atoms with E-state index < -0.39 is 0 Å². The summed E-state index contributed by atoms with van der Waals surface area (Å²) in [7, 11) is 1.90. The molecule has 0 radical (unpaired) electrons. The van der Waals surface area contributed by atoms with Gasteiger partial charge in [-0.3, -0.25) is 4.79 Å². The molecule has 0 atom stereocenters. The third-order valence-electron chi connectivity index (χ3n) is 3.10. The predicted molar refractivity (Wildman–Crippen MR) is 72.2 cm³/mol. The standard InChI is InChI=1S/C14H20N2O2/c1-11-5-6-12-13(10-11)18-9-8-16(12)14(17)4-3-7-15-2/h5-6,10,15H,3-4,7-9H2,1-2H3. The SMILES string of the molecule is CNCCCC(=O)N1CCOc2cc(C)ccc21. The molecule has 1 aliphatic heterocycles. The van der Waals surface area contributed by atoms with Crippen LogP contribution in [-0.2, 0) is 4.79 Å². The van der Waals surface area contributed by atoms with Crippen LogP contribution in [0, 0.1) is 6.92 Å². The van der Waals surface area contributed by atoms with Gasteiger partial charge < -0.3 is 15.0 Å². The van der Waals surface area contributed by atoms with Crippen molar-refractivity contribution in [2.24, 2.45) is 0 Å². The van der Waals surface area contributed by atoms with Crippen molar-refractivity contribution >= 4 is 11.6 Å². The minimum absolute atomic E-state index is 0.179. The molecule has 98 valence electrons. The Balaban J connectivity index is 2.09. The summed E-state index contributed by atoms with van der Waals surface area (Å²) in [6, 6.07) is 5.98. The Labute approximate surface area is 108 Å². The zero-order valence-corrected chi connectivity index (χ0v) is 11.0. The lowest BCUT2D eigenvalue weighted by molar-refractivity contribution is -0.118. The lowest BCUT2D eigenvalue weighted by Crippen LogP contribution is -2.38. The zero-order valence-electron chi connectivity index (χ0n) is 11.0. The minimum atomic E-state index is 0.179. The van der Waals surface area contributed by atoms with Crippen LogP contribution in [0.2, 0.25) is 0 Å². The molecule has 0 unspecified atom stereocenters. The molecule has 1 aromatic carbocycles. The fourth-order valence-corrected chi connectivity index (χ4v) is 2.14. The highest BCUT2D eigenvalue weighted by Crippen LogP contribution is 2.32. The van der Waals surface area contributed by atoms with Gasteiger partial charge in [0.2, 0.25) is 5.91 Å². The molecule has 0 aliphatic carbocycles. The van der Waals surface area contributed by atoms with Crippen LogP contribution in [0.1, 0.15) is 18.4 Å². The highest BCUT2D eigenvalue weighted by atomic mass is 16.5. The van der Waals surface area contributed by atoms with Gasteiger partial charge in [-0.1, -0.05) is 6.07 Å². The number of hydrogen-bond donors (Lipinski definition) is 1. The molecule has 1 aliphatic rings. The molecule has 1 heterocycles. The molecule has 0 aromatic heterocycles. The van der Waals surface area contributed by atoms with Gasteiger partial charge in [0.05, 0.1) is 12.2 Å². The Morgan fingerprint density at radius 2 is 2.33 bits per heavy atom. The minimum Gasteiger partial charge on any atom is -0.490 e. The summed E-state index contributed by atoms with van der Waals surface area (Å²) in [6.07, 6.45) is 1.45. The van der Waals surface area contributed by atoms with Crippen LogP contribution in [0.15, 0.2) is 18.2 Å². The number of carbonyl (C=O) groups is 1. The molecule has 1 aromatic rings.